The van der Waals surface area contributed by atoms with Gasteiger partial charge >= 0.3 is 0 Å². The Morgan fingerprint density at radius 1 is 1.12 bits per heavy atom. The number of halogens is 2. The summed E-state index contributed by atoms with van der Waals surface area (Å²) in [5.74, 6) is 3.01. The van der Waals surface area contributed by atoms with Crippen LogP contribution < -0.4 is 10.2 Å². The van der Waals surface area contributed by atoms with Crippen molar-refractivity contribution in [3.05, 3.63) is 72.9 Å². The Morgan fingerprint density at radius 2 is 1.81 bits per heavy atom. The molecule has 8 heteroatoms. The van der Waals surface area contributed by atoms with Crippen molar-refractivity contribution in [2.45, 2.75) is 24.0 Å². The molecular weight excluding hydrogens is 666 g/mol. The average Bonchev–Trinajstić information content (AvgIpc) is 3.19. The minimum absolute atomic E-state index is 0.0343. The number of benzene rings is 3. The predicted octanol–water partition coefficient (Wildman–Crippen LogP) is 6.66. The van der Waals surface area contributed by atoms with E-state index in [0.29, 0.717) is 13.0 Å². The van der Waals surface area contributed by atoms with Crippen molar-refractivity contribution in [2.75, 3.05) is 11.5 Å². The molecule has 0 radical (unpaired) electrons. The maximum Gasteiger partial charge on any atom is 0.242 e. The van der Waals surface area contributed by atoms with Crippen LogP contribution in [0.25, 0.3) is 10.8 Å². The third-order valence-electron chi connectivity index (χ3n) is 5.06. The number of amides is 1. The fraction of sp³-hybridized carbons (Fsp3) is 0.250. The quantitative estimate of drug-likeness (QED) is 0.172. The summed E-state index contributed by atoms with van der Waals surface area (Å²) >= 11 is 8.27. The molecule has 1 heterocycles. The highest BCUT2D eigenvalue weighted by molar-refractivity contribution is 14.1. The van der Waals surface area contributed by atoms with Crippen molar-refractivity contribution in [3.63, 3.8) is 0 Å². The van der Waals surface area contributed by atoms with Crippen LogP contribution in [0.4, 0.5) is 0 Å². The summed E-state index contributed by atoms with van der Waals surface area (Å²) < 4.78 is 8.19. The van der Waals surface area contributed by atoms with Gasteiger partial charge in [0.1, 0.15) is 12.4 Å². The molecule has 32 heavy (non-hydrogen) atoms. The number of nitrogens with zero attached hydrogens (tertiary/aromatic N) is 1. The van der Waals surface area contributed by atoms with Gasteiger partial charge in [0.2, 0.25) is 5.91 Å². The highest BCUT2D eigenvalue weighted by Crippen LogP contribution is 2.45. The first-order valence-corrected chi connectivity index (χ1v) is 14.2. The summed E-state index contributed by atoms with van der Waals surface area (Å²) in [5, 5.41) is 6.59. The Hall–Kier alpha value is -0.980. The zero-order chi connectivity index (χ0) is 22.6. The molecule has 4 nitrogen and oxygen atoms in total. The first kappa shape index (κ1) is 24.2. The Balaban J connectivity index is 1.39. The SMILES string of the molecule is CC1(CC(=O)N/N=C\c2cc(I)c(OCc3cccc4ccccc34)c(I)c2)SCCS1. The van der Waals surface area contributed by atoms with Gasteiger partial charge in [-0.2, -0.15) is 5.10 Å². The molecule has 1 saturated heterocycles. The van der Waals surface area contributed by atoms with Crippen LogP contribution in [0.3, 0.4) is 0 Å². The average molecular weight is 688 g/mol. The fourth-order valence-corrected chi connectivity index (χ4v) is 8.49. The number of carbonyl (C=O) groups is 1. The maximum absolute atomic E-state index is 12.2. The van der Waals surface area contributed by atoms with Gasteiger partial charge in [-0.1, -0.05) is 42.5 Å². The van der Waals surface area contributed by atoms with Gasteiger partial charge in [-0.25, -0.2) is 5.43 Å². The van der Waals surface area contributed by atoms with Crippen molar-refractivity contribution < 1.29 is 9.53 Å². The Morgan fingerprint density at radius 3 is 2.56 bits per heavy atom. The van der Waals surface area contributed by atoms with Gasteiger partial charge < -0.3 is 4.74 Å². The number of fused-ring (bicyclic) bond motifs is 1. The molecule has 0 spiro atoms. The lowest BCUT2D eigenvalue weighted by atomic mass is 10.1. The predicted molar refractivity (Wildman–Crippen MR) is 154 cm³/mol. The van der Waals surface area contributed by atoms with Crippen LogP contribution in [-0.2, 0) is 11.4 Å². The van der Waals surface area contributed by atoms with E-state index in [2.05, 4.69) is 105 Å². The van der Waals surface area contributed by atoms with Crippen molar-refractivity contribution in [1.29, 1.82) is 0 Å². The van der Waals surface area contributed by atoms with Crippen molar-refractivity contribution in [3.8, 4) is 5.75 Å². The number of thioether (sulfide) groups is 2. The second kappa shape index (κ2) is 11.0. The fourth-order valence-electron chi connectivity index (χ4n) is 3.53. The molecule has 0 atom stereocenters. The third-order valence-corrected chi connectivity index (χ3v) is 9.95. The number of nitrogens with one attached hydrogen (secondary N) is 1. The largest absolute Gasteiger partial charge is 0.487 e. The van der Waals surface area contributed by atoms with Crippen molar-refractivity contribution in [1.82, 2.24) is 5.43 Å². The molecule has 0 saturated carbocycles. The van der Waals surface area contributed by atoms with Crippen LogP contribution in [0, 0.1) is 7.14 Å². The van der Waals surface area contributed by atoms with E-state index in [1.54, 1.807) is 6.21 Å². The second-order valence-electron chi connectivity index (χ2n) is 7.54. The van der Waals surface area contributed by atoms with E-state index in [1.807, 2.05) is 35.7 Å². The molecule has 0 bridgehead atoms. The zero-order valence-electron chi connectivity index (χ0n) is 17.4. The third kappa shape index (κ3) is 6.12. The van der Waals surface area contributed by atoms with E-state index in [1.165, 1.54) is 10.8 Å². The molecule has 166 valence electrons. The van der Waals surface area contributed by atoms with Crippen molar-refractivity contribution >= 4 is 91.6 Å². The van der Waals surface area contributed by atoms with Gasteiger partial charge in [-0.3, -0.25) is 4.79 Å². The molecule has 4 rings (SSSR count). The van der Waals surface area contributed by atoms with Gasteiger partial charge in [0, 0.05) is 11.5 Å². The number of hydrazone groups is 1. The van der Waals surface area contributed by atoms with E-state index in [4.69, 9.17) is 4.74 Å². The molecule has 3 aromatic carbocycles. The molecule has 0 aliphatic carbocycles. The Bertz CT molecular complexity index is 1140. The minimum atomic E-state index is -0.0508. The van der Waals surface area contributed by atoms with Crippen LogP contribution in [0.15, 0.2) is 59.7 Å². The standard InChI is InChI=1S/C24H22I2N2O2S2/c1-24(31-9-10-32-24)13-22(29)28-27-14-16-11-20(25)23(21(26)12-16)30-15-18-7-4-6-17-5-2-3-8-19(17)18/h2-8,11-12,14H,9-10,13,15H2,1H3,(H,28,29)/b27-14-. The highest BCUT2D eigenvalue weighted by Gasteiger charge is 2.32. The van der Waals surface area contributed by atoms with Crippen LogP contribution in [0.5, 0.6) is 5.75 Å². The molecule has 3 aromatic rings. The molecule has 1 fully saturated rings. The number of ether oxygens (including phenoxy) is 1. The molecule has 1 N–H and O–H groups in total. The van der Waals surface area contributed by atoms with Crippen LogP contribution in [0.2, 0.25) is 0 Å². The topological polar surface area (TPSA) is 50.7 Å². The Kier molecular flexibility index (Phi) is 8.28. The molecule has 0 aromatic heterocycles. The van der Waals surface area contributed by atoms with E-state index in [0.717, 1.165) is 35.5 Å². The normalized spacial score (nSPS) is 15.3. The lowest BCUT2D eigenvalue weighted by Crippen LogP contribution is -2.26. The highest BCUT2D eigenvalue weighted by atomic mass is 127. The molecule has 0 unspecified atom stereocenters. The van der Waals surface area contributed by atoms with Crippen molar-refractivity contribution in [2.24, 2.45) is 5.10 Å². The number of rotatable bonds is 7. The summed E-state index contributed by atoms with van der Waals surface area (Å²) in [6, 6.07) is 18.7. The number of hydrogen-bond donors (Lipinski definition) is 1. The first-order valence-electron chi connectivity index (χ1n) is 10.1. The molecular formula is C24H22I2N2O2S2. The van der Waals surface area contributed by atoms with Gasteiger partial charge in [0.25, 0.3) is 0 Å². The van der Waals surface area contributed by atoms with Gasteiger partial charge in [-0.15, -0.1) is 23.5 Å². The van der Waals surface area contributed by atoms with Gasteiger partial charge in [-0.05, 0) is 86.1 Å². The maximum atomic E-state index is 12.2. The second-order valence-corrected chi connectivity index (χ2v) is 13.3. The zero-order valence-corrected chi connectivity index (χ0v) is 23.4. The summed E-state index contributed by atoms with van der Waals surface area (Å²) in [7, 11) is 0. The van der Waals surface area contributed by atoms with Crippen LogP contribution in [0.1, 0.15) is 24.5 Å². The molecule has 1 aliphatic rings. The summed E-state index contributed by atoms with van der Waals surface area (Å²) in [6.07, 6.45) is 2.16. The summed E-state index contributed by atoms with van der Waals surface area (Å²) in [4.78, 5) is 12.2. The molecule has 1 aliphatic heterocycles. The lowest BCUT2D eigenvalue weighted by Gasteiger charge is -2.19. The number of carbonyl (C=O) groups excluding carboxylic acids is 1. The smallest absolute Gasteiger partial charge is 0.242 e. The first-order chi connectivity index (χ1) is 15.4. The monoisotopic (exact) mass is 688 g/mol. The van der Waals surface area contributed by atoms with E-state index in [-0.39, 0.29) is 9.99 Å². The Labute approximate surface area is 224 Å². The van der Waals surface area contributed by atoms with Gasteiger partial charge in [0.05, 0.1) is 23.9 Å². The van der Waals surface area contributed by atoms with Gasteiger partial charge in [0.15, 0.2) is 0 Å². The van der Waals surface area contributed by atoms with E-state index < -0.39 is 0 Å². The van der Waals surface area contributed by atoms with E-state index in [9.17, 15) is 4.79 Å². The van der Waals surface area contributed by atoms with E-state index >= 15 is 0 Å². The van der Waals surface area contributed by atoms with Crippen LogP contribution in [-0.4, -0.2) is 27.7 Å². The molecule has 1 amide bonds. The summed E-state index contributed by atoms with van der Waals surface area (Å²) in [5.41, 5.74) is 4.75. The van der Waals surface area contributed by atoms with Crippen LogP contribution >= 0.6 is 68.7 Å². The number of hydrogen-bond acceptors (Lipinski definition) is 5. The minimum Gasteiger partial charge on any atom is -0.487 e. The lowest BCUT2D eigenvalue weighted by molar-refractivity contribution is -0.121. The summed E-state index contributed by atoms with van der Waals surface area (Å²) in [6.45, 7) is 2.63.